The summed E-state index contributed by atoms with van der Waals surface area (Å²) in [7, 11) is 0. The van der Waals surface area contributed by atoms with Gasteiger partial charge in [-0.05, 0) is 24.5 Å². The van der Waals surface area contributed by atoms with E-state index in [9.17, 15) is 19.7 Å². The van der Waals surface area contributed by atoms with Gasteiger partial charge < -0.3 is 10.1 Å². The van der Waals surface area contributed by atoms with Crippen LogP contribution in [0.15, 0.2) is 48.5 Å². The van der Waals surface area contributed by atoms with Crippen LogP contribution >= 0.6 is 11.6 Å². The summed E-state index contributed by atoms with van der Waals surface area (Å²) < 4.78 is 5.09. The van der Waals surface area contributed by atoms with Crippen LogP contribution in [-0.2, 0) is 9.53 Å². The molecule has 0 fully saturated rings. The number of ether oxygens (including phenoxy) is 1. The largest absolute Gasteiger partial charge is 0.449 e. The molecule has 0 saturated carbocycles. The zero-order valence-corrected chi connectivity index (χ0v) is 15.6. The average molecular weight is 391 g/mol. The highest BCUT2D eigenvalue weighted by Crippen LogP contribution is 2.23. The quantitative estimate of drug-likeness (QED) is 0.441. The molecule has 1 amide bonds. The van der Waals surface area contributed by atoms with Crippen molar-refractivity contribution in [3.8, 4) is 0 Å². The SMILES string of the molecule is C[C@H](CNC(=O)[C@@H](C)OC(=O)c1cc([N+](=O)[O-])ccc1Cl)c1ccccc1. The predicted molar refractivity (Wildman–Crippen MR) is 101 cm³/mol. The Labute approximate surface area is 161 Å². The molecular formula is C19H19ClN2O5. The number of benzene rings is 2. The van der Waals surface area contributed by atoms with Gasteiger partial charge in [0.1, 0.15) is 0 Å². The first kappa shape index (κ1) is 20.4. The van der Waals surface area contributed by atoms with Gasteiger partial charge in [0.25, 0.3) is 11.6 Å². The Bertz CT molecular complexity index is 841. The van der Waals surface area contributed by atoms with E-state index in [4.69, 9.17) is 16.3 Å². The second-order valence-electron chi connectivity index (χ2n) is 6.03. The van der Waals surface area contributed by atoms with Crippen molar-refractivity contribution in [2.45, 2.75) is 25.9 Å². The molecule has 2 aromatic carbocycles. The van der Waals surface area contributed by atoms with Crippen molar-refractivity contribution in [3.63, 3.8) is 0 Å². The molecule has 142 valence electrons. The summed E-state index contributed by atoms with van der Waals surface area (Å²) in [6.45, 7) is 3.77. The number of rotatable bonds is 7. The van der Waals surface area contributed by atoms with E-state index in [1.54, 1.807) is 0 Å². The second-order valence-corrected chi connectivity index (χ2v) is 6.43. The summed E-state index contributed by atoms with van der Waals surface area (Å²) >= 11 is 5.91. The molecule has 27 heavy (non-hydrogen) atoms. The molecule has 0 aliphatic rings. The summed E-state index contributed by atoms with van der Waals surface area (Å²) in [6.07, 6.45) is -1.07. The van der Waals surface area contributed by atoms with E-state index in [1.807, 2.05) is 37.3 Å². The third kappa shape index (κ3) is 5.52. The van der Waals surface area contributed by atoms with E-state index in [0.717, 1.165) is 11.6 Å². The minimum absolute atomic E-state index is 0.0101. The van der Waals surface area contributed by atoms with Gasteiger partial charge in [0.05, 0.1) is 15.5 Å². The van der Waals surface area contributed by atoms with Crippen LogP contribution in [0.5, 0.6) is 0 Å². The van der Waals surface area contributed by atoms with E-state index >= 15 is 0 Å². The average Bonchev–Trinajstić information content (AvgIpc) is 2.66. The van der Waals surface area contributed by atoms with Gasteiger partial charge in [0, 0.05) is 18.7 Å². The van der Waals surface area contributed by atoms with Crippen molar-refractivity contribution >= 4 is 29.2 Å². The van der Waals surface area contributed by atoms with Gasteiger partial charge in [0.2, 0.25) is 0 Å². The highest BCUT2D eigenvalue weighted by Gasteiger charge is 2.23. The molecule has 0 radical (unpaired) electrons. The minimum atomic E-state index is -1.07. The van der Waals surface area contributed by atoms with Gasteiger partial charge in [-0.15, -0.1) is 0 Å². The number of nitro groups is 1. The first-order valence-electron chi connectivity index (χ1n) is 8.27. The predicted octanol–water partition coefficient (Wildman–Crippen LogP) is 3.71. The maximum Gasteiger partial charge on any atom is 0.340 e. The monoisotopic (exact) mass is 390 g/mol. The topological polar surface area (TPSA) is 98.5 Å². The smallest absolute Gasteiger partial charge is 0.340 e. The number of nitrogens with one attached hydrogen (secondary N) is 1. The van der Waals surface area contributed by atoms with Crippen molar-refractivity contribution in [1.29, 1.82) is 0 Å². The fraction of sp³-hybridized carbons (Fsp3) is 0.263. The fourth-order valence-corrected chi connectivity index (χ4v) is 2.55. The number of nitro benzene ring substituents is 1. The highest BCUT2D eigenvalue weighted by molar-refractivity contribution is 6.33. The standard InChI is InChI=1S/C19H19ClN2O5/c1-12(14-6-4-3-5-7-14)11-21-18(23)13(2)27-19(24)16-10-15(22(25)26)8-9-17(16)20/h3-10,12-13H,11H2,1-2H3,(H,21,23)/t12-,13-/m1/s1. The third-order valence-electron chi connectivity index (χ3n) is 3.98. The number of non-ortho nitro benzene ring substituents is 1. The molecule has 0 spiro atoms. The zero-order chi connectivity index (χ0) is 20.0. The number of amides is 1. The van der Waals surface area contributed by atoms with Crippen LogP contribution in [0.2, 0.25) is 5.02 Å². The molecule has 1 N–H and O–H groups in total. The third-order valence-corrected chi connectivity index (χ3v) is 4.31. The van der Waals surface area contributed by atoms with Crippen LogP contribution in [0, 0.1) is 10.1 Å². The number of halogens is 1. The summed E-state index contributed by atoms with van der Waals surface area (Å²) in [6, 6.07) is 13.1. The van der Waals surface area contributed by atoms with Gasteiger partial charge in [-0.25, -0.2) is 4.79 Å². The van der Waals surface area contributed by atoms with Crippen molar-refractivity contribution in [1.82, 2.24) is 5.32 Å². The second kappa shape index (κ2) is 9.14. The number of hydrogen-bond donors (Lipinski definition) is 1. The van der Waals surface area contributed by atoms with E-state index in [1.165, 1.54) is 19.1 Å². The minimum Gasteiger partial charge on any atom is -0.449 e. The van der Waals surface area contributed by atoms with Crippen LogP contribution in [-0.4, -0.2) is 29.4 Å². The molecular weight excluding hydrogens is 372 g/mol. The number of carbonyl (C=O) groups is 2. The Hall–Kier alpha value is -2.93. The maximum absolute atomic E-state index is 12.2. The van der Waals surface area contributed by atoms with E-state index in [0.29, 0.717) is 6.54 Å². The fourth-order valence-electron chi connectivity index (χ4n) is 2.36. The van der Waals surface area contributed by atoms with Crippen LogP contribution < -0.4 is 5.32 Å². The lowest BCUT2D eigenvalue weighted by atomic mass is 10.0. The molecule has 7 nitrogen and oxygen atoms in total. The normalized spacial score (nSPS) is 12.7. The van der Waals surface area contributed by atoms with Crippen LogP contribution in [0.4, 0.5) is 5.69 Å². The van der Waals surface area contributed by atoms with Crippen molar-refractivity contribution < 1.29 is 19.2 Å². The van der Waals surface area contributed by atoms with Gasteiger partial charge in [0.15, 0.2) is 6.10 Å². The van der Waals surface area contributed by atoms with E-state index < -0.39 is 22.9 Å². The molecule has 2 rings (SSSR count). The molecule has 0 aliphatic carbocycles. The first-order chi connectivity index (χ1) is 12.8. The molecule has 8 heteroatoms. The number of esters is 1. The number of carbonyl (C=O) groups excluding carboxylic acids is 2. The van der Waals surface area contributed by atoms with Gasteiger partial charge in [-0.2, -0.15) is 0 Å². The lowest BCUT2D eigenvalue weighted by Gasteiger charge is -2.17. The van der Waals surface area contributed by atoms with Crippen LogP contribution in [0.3, 0.4) is 0 Å². The molecule has 0 aromatic heterocycles. The maximum atomic E-state index is 12.2. The van der Waals surface area contributed by atoms with E-state index in [2.05, 4.69) is 5.32 Å². The summed E-state index contributed by atoms with van der Waals surface area (Å²) in [5.74, 6) is -1.28. The lowest BCUT2D eigenvalue weighted by Crippen LogP contribution is -2.37. The van der Waals surface area contributed by atoms with Crippen molar-refractivity contribution in [2.24, 2.45) is 0 Å². The highest BCUT2D eigenvalue weighted by atomic mass is 35.5. The van der Waals surface area contributed by atoms with Crippen LogP contribution in [0.1, 0.15) is 35.7 Å². The Kier molecular flexibility index (Phi) is 6.90. The van der Waals surface area contributed by atoms with E-state index in [-0.39, 0.29) is 22.2 Å². The van der Waals surface area contributed by atoms with Crippen molar-refractivity contribution in [2.75, 3.05) is 6.54 Å². The van der Waals surface area contributed by atoms with Gasteiger partial charge in [-0.1, -0.05) is 48.9 Å². The molecule has 0 saturated heterocycles. The van der Waals surface area contributed by atoms with Gasteiger partial charge >= 0.3 is 5.97 Å². The zero-order valence-electron chi connectivity index (χ0n) is 14.8. The number of hydrogen-bond acceptors (Lipinski definition) is 5. The Morgan fingerprint density at radius 3 is 2.48 bits per heavy atom. The summed E-state index contributed by atoms with van der Waals surface area (Å²) in [4.78, 5) is 34.6. The molecule has 0 bridgehead atoms. The summed E-state index contributed by atoms with van der Waals surface area (Å²) in [5, 5.41) is 13.6. The molecule has 2 atom stereocenters. The Balaban J connectivity index is 1.95. The first-order valence-corrected chi connectivity index (χ1v) is 8.65. The van der Waals surface area contributed by atoms with Crippen molar-refractivity contribution in [3.05, 3.63) is 74.8 Å². The Morgan fingerprint density at radius 2 is 1.85 bits per heavy atom. The molecule has 0 heterocycles. The summed E-state index contributed by atoms with van der Waals surface area (Å²) in [5.41, 5.74) is 0.620. The lowest BCUT2D eigenvalue weighted by molar-refractivity contribution is -0.384. The molecule has 0 aliphatic heterocycles. The number of nitrogens with zero attached hydrogens (tertiary/aromatic N) is 1. The Morgan fingerprint density at radius 1 is 1.19 bits per heavy atom. The van der Waals surface area contributed by atoms with Gasteiger partial charge in [-0.3, -0.25) is 14.9 Å². The van der Waals surface area contributed by atoms with Crippen LogP contribution in [0.25, 0.3) is 0 Å². The molecule has 2 aromatic rings. The molecule has 0 unspecified atom stereocenters.